The van der Waals surface area contributed by atoms with Crippen LogP contribution in [-0.4, -0.2) is 23.2 Å². The van der Waals surface area contributed by atoms with Crippen molar-refractivity contribution in [1.29, 1.82) is 0 Å². The van der Waals surface area contributed by atoms with Crippen LogP contribution in [0.2, 0.25) is 0 Å². The Balaban J connectivity index is 3.95. The highest BCUT2D eigenvalue weighted by molar-refractivity contribution is 5.67. The minimum Gasteiger partial charge on any atom is -0.481 e. The molecule has 0 spiro atoms. The van der Waals surface area contributed by atoms with Gasteiger partial charge in [0.15, 0.2) is 0 Å². The predicted octanol–water partition coefficient (Wildman–Crippen LogP) is 1.87. The molecule has 0 rings (SSSR count). The van der Waals surface area contributed by atoms with E-state index in [1.807, 2.05) is 13.8 Å². The van der Waals surface area contributed by atoms with E-state index < -0.39 is 5.97 Å². The van der Waals surface area contributed by atoms with Crippen LogP contribution in [0.15, 0.2) is 0 Å². The van der Waals surface area contributed by atoms with E-state index in [-0.39, 0.29) is 12.5 Å². The molecule has 13 heavy (non-hydrogen) atoms. The molecule has 0 fully saturated rings. The molecule has 0 aromatic rings. The highest BCUT2D eigenvalue weighted by Crippen LogP contribution is 2.08. The first-order valence-electron chi connectivity index (χ1n) is 4.89. The summed E-state index contributed by atoms with van der Waals surface area (Å²) in [5.74, 6) is -0.186. The fourth-order valence-electron chi connectivity index (χ4n) is 1.46. The first-order chi connectivity index (χ1) is 5.91. The molecule has 1 unspecified atom stereocenters. The maximum Gasteiger partial charge on any atom is 0.304 e. The Bertz CT molecular complexity index is 145. The van der Waals surface area contributed by atoms with Gasteiger partial charge in [0, 0.05) is 12.1 Å². The monoisotopic (exact) mass is 187 g/mol. The lowest BCUT2D eigenvalue weighted by atomic mass is 10.0. The lowest BCUT2D eigenvalue weighted by molar-refractivity contribution is -0.137. The second-order valence-electron chi connectivity index (χ2n) is 4.25. The minimum absolute atomic E-state index is 0.109. The van der Waals surface area contributed by atoms with Crippen LogP contribution >= 0.6 is 0 Å². The highest BCUT2D eigenvalue weighted by atomic mass is 16.4. The van der Waals surface area contributed by atoms with Crippen molar-refractivity contribution in [2.75, 3.05) is 0 Å². The fraction of sp³-hybridized carbons (Fsp3) is 0.900. The molecule has 0 aliphatic heterocycles. The highest BCUT2D eigenvalue weighted by Gasteiger charge is 2.14. The number of carbonyl (C=O) groups is 1. The Labute approximate surface area is 80.5 Å². The zero-order valence-electron chi connectivity index (χ0n) is 9.00. The second kappa shape index (κ2) is 5.97. The molecule has 0 aliphatic carbocycles. The number of hydrogen-bond acceptors (Lipinski definition) is 2. The number of rotatable bonds is 6. The number of carboxylic acids is 1. The van der Waals surface area contributed by atoms with Gasteiger partial charge in [-0.15, -0.1) is 0 Å². The lowest BCUT2D eigenvalue weighted by Crippen LogP contribution is -2.37. The summed E-state index contributed by atoms with van der Waals surface area (Å²) in [5.41, 5.74) is 0. The second-order valence-corrected chi connectivity index (χ2v) is 4.25. The zero-order valence-corrected chi connectivity index (χ0v) is 9.00. The molecule has 0 saturated heterocycles. The molecular weight excluding hydrogens is 166 g/mol. The van der Waals surface area contributed by atoms with Gasteiger partial charge in [0.1, 0.15) is 0 Å². The first-order valence-corrected chi connectivity index (χ1v) is 4.89. The van der Waals surface area contributed by atoms with E-state index in [9.17, 15) is 4.79 Å². The lowest BCUT2D eigenvalue weighted by Gasteiger charge is -2.21. The maximum absolute atomic E-state index is 10.5. The van der Waals surface area contributed by atoms with Crippen LogP contribution in [-0.2, 0) is 4.79 Å². The molecule has 0 heterocycles. The van der Waals surface area contributed by atoms with Crippen molar-refractivity contribution in [2.45, 2.75) is 52.6 Å². The van der Waals surface area contributed by atoms with Crippen LogP contribution in [0.1, 0.15) is 40.5 Å². The SMILES string of the molecule is CC(C)CC(CC(=O)O)NC(C)C. The van der Waals surface area contributed by atoms with E-state index in [2.05, 4.69) is 19.2 Å². The van der Waals surface area contributed by atoms with Gasteiger partial charge in [-0.2, -0.15) is 0 Å². The summed E-state index contributed by atoms with van der Waals surface area (Å²) >= 11 is 0. The topological polar surface area (TPSA) is 49.3 Å². The van der Waals surface area contributed by atoms with Gasteiger partial charge < -0.3 is 10.4 Å². The van der Waals surface area contributed by atoms with Gasteiger partial charge in [0.25, 0.3) is 0 Å². The fourth-order valence-corrected chi connectivity index (χ4v) is 1.46. The zero-order chi connectivity index (χ0) is 10.4. The first kappa shape index (κ1) is 12.4. The van der Waals surface area contributed by atoms with Crippen molar-refractivity contribution in [3.8, 4) is 0 Å². The molecule has 0 bridgehead atoms. The van der Waals surface area contributed by atoms with E-state index >= 15 is 0 Å². The van der Waals surface area contributed by atoms with Crippen LogP contribution in [0.25, 0.3) is 0 Å². The van der Waals surface area contributed by atoms with E-state index in [1.165, 1.54) is 0 Å². The van der Waals surface area contributed by atoms with Crippen molar-refractivity contribution < 1.29 is 9.90 Å². The third-order valence-electron chi connectivity index (χ3n) is 1.75. The quantitative estimate of drug-likeness (QED) is 0.667. The van der Waals surface area contributed by atoms with Crippen molar-refractivity contribution in [3.63, 3.8) is 0 Å². The van der Waals surface area contributed by atoms with Crippen molar-refractivity contribution in [3.05, 3.63) is 0 Å². The number of nitrogens with one attached hydrogen (secondary N) is 1. The van der Waals surface area contributed by atoms with Gasteiger partial charge in [-0.1, -0.05) is 27.7 Å². The van der Waals surface area contributed by atoms with Crippen LogP contribution < -0.4 is 5.32 Å². The molecule has 2 N–H and O–H groups in total. The number of carboxylic acid groups (broad SMARTS) is 1. The van der Waals surface area contributed by atoms with Crippen molar-refractivity contribution in [2.24, 2.45) is 5.92 Å². The minimum atomic E-state index is -0.723. The Hall–Kier alpha value is -0.570. The Morgan fingerprint density at radius 1 is 1.31 bits per heavy atom. The van der Waals surface area contributed by atoms with Gasteiger partial charge >= 0.3 is 5.97 Å². The average molecular weight is 187 g/mol. The van der Waals surface area contributed by atoms with Crippen LogP contribution in [0.5, 0.6) is 0 Å². The molecule has 0 amide bonds. The molecular formula is C10H21NO2. The van der Waals surface area contributed by atoms with E-state index in [0.29, 0.717) is 12.0 Å². The van der Waals surface area contributed by atoms with Crippen molar-refractivity contribution >= 4 is 5.97 Å². The largest absolute Gasteiger partial charge is 0.481 e. The van der Waals surface area contributed by atoms with Gasteiger partial charge in [0.2, 0.25) is 0 Å². The van der Waals surface area contributed by atoms with Crippen LogP contribution in [0, 0.1) is 5.92 Å². The molecule has 78 valence electrons. The van der Waals surface area contributed by atoms with Crippen LogP contribution in [0.3, 0.4) is 0 Å². The van der Waals surface area contributed by atoms with Gasteiger partial charge in [-0.3, -0.25) is 4.79 Å². The summed E-state index contributed by atoms with van der Waals surface area (Å²) in [6, 6.07) is 0.459. The van der Waals surface area contributed by atoms with Gasteiger partial charge in [-0.25, -0.2) is 0 Å². The summed E-state index contributed by atoms with van der Waals surface area (Å²) in [6.45, 7) is 8.29. The molecule has 0 aromatic carbocycles. The van der Waals surface area contributed by atoms with E-state index in [0.717, 1.165) is 6.42 Å². The smallest absolute Gasteiger partial charge is 0.304 e. The van der Waals surface area contributed by atoms with Gasteiger partial charge in [-0.05, 0) is 12.3 Å². The Kier molecular flexibility index (Phi) is 5.71. The maximum atomic E-state index is 10.5. The Morgan fingerprint density at radius 3 is 2.15 bits per heavy atom. The summed E-state index contributed by atoms with van der Waals surface area (Å²) < 4.78 is 0. The normalized spacial score (nSPS) is 13.7. The molecule has 0 aromatic heterocycles. The van der Waals surface area contributed by atoms with Gasteiger partial charge in [0.05, 0.1) is 6.42 Å². The average Bonchev–Trinajstić information content (AvgIpc) is 1.80. The molecule has 1 atom stereocenters. The van der Waals surface area contributed by atoms with E-state index in [1.54, 1.807) is 0 Å². The summed E-state index contributed by atoms with van der Waals surface area (Å²) in [6.07, 6.45) is 1.14. The van der Waals surface area contributed by atoms with Crippen LogP contribution in [0.4, 0.5) is 0 Å². The molecule has 3 heteroatoms. The Morgan fingerprint density at radius 2 is 1.85 bits per heavy atom. The standard InChI is InChI=1S/C10H21NO2/c1-7(2)5-9(6-10(12)13)11-8(3)4/h7-9,11H,5-6H2,1-4H3,(H,12,13). The third-order valence-corrected chi connectivity index (χ3v) is 1.75. The number of hydrogen-bond donors (Lipinski definition) is 2. The summed E-state index contributed by atoms with van der Waals surface area (Å²) in [4.78, 5) is 10.5. The summed E-state index contributed by atoms with van der Waals surface area (Å²) in [7, 11) is 0. The predicted molar refractivity (Wildman–Crippen MR) is 53.8 cm³/mol. The molecule has 0 radical (unpaired) electrons. The third kappa shape index (κ3) is 7.78. The molecule has 3 nitrogen and oxygen atoms in total. The van der Waals surface area contributed by atoms with Crippen molar-refractivity contribution in [1.82, 2.24) is 5.32 Å². The van der Waals surface area contributed by atoms with E-state index in [4.69, 9.17) is 5.11 Å². The summed E-state index contributed by atoms with van der Waals surface area (Å²) in [5, 5.41) is 11.9. The molecule has 0 aliphatic rings. The molecule has 0 saturated carbocycles. The number of aliphatic carboxylic acids is 1.